The number of fused-ring (bicyclic) bond motifs is 3. The van der Waals surface area contributed by atoms with Crippen LogP contribution in [0.15, 0.2) is 72.9 Å². The summed E-state index contributed by atoms with van der Waals surface area (Å²) in [4.78, 5) is 13.1. The van der Waals surface area contributed by atoms with Crippen molar-refractivity contribution in [3.8, 4) is 11.5 Å². The van der Waals surface area contributed by atoms with Crippen molar-refractivity contribution in [1.29, 1.82) is 0 Å². The van der Waals surface area contributed by atoms with Crippen molar-refractivity contribution < 1.29 is 9.53 Å². The molecular weight excluding hydrogens is 340 g/mol. The number of para-hydroxylation sites is 2. The van der Waals surface area contributed by atoms with Gasteiger partial charge in [0.1, 0.15) is 11.5 Å². The highest BCUT2D eigenvalue weighted by Gasteiger charge is 2.32. The van der Waals surface area contributed by atoms with Crippen molar-refractivity contribution in [2.75, 3.05) is 0 Å². The number of amides is 1. The van der Waals surface area contributed by atoms with Gasteiger partial charge in [-0.25, -0.2) is 0 Å². The number of hydrogen-bond acceptors (Lipinski definition) is 4. The summed E-state index contributed by atoms with van der Waals surface area (Å²) in [5.41, 5.74) is 2.48. The van der Waals surface area contributed by atoms with Crippen LogP contribution in [-0.2, 0) is 11.3 Å². The normalized spacial score (nSPS) is 12.9. The molecule has 1 amide bonds. The maximum absolute atomic E-state index is 13.1. The second-order valence-corrected chi connectivity index (χ2v) is 6.37. The molecule has 2 aromatic carbocycles. The molecule has 0 radical (unpaired) electrons. The van der Waals surface area contributed by atoms with E-state index in [0.29, 0.717) is 23.9 Å². The number of aromatic nitrogens is 3. The van der Waals surface area contributed by atoms with E-state index in [4.69, 9.17) is 4.74 Å². The number of hydrogen-bond donors (Lipinski definition) is 1. The lowest BCUT2D eigenvalue weighted by Crippen LogP contribution is -2.31. The molecule has 1 aliphatic rings. The number of ether oxygens (including phenoxy) is 1. The molecule has 6 heteroatoms. The highest BCUT2D eigenvalue weighted by atomic mass is 16.5. The second kappa shape index (κ2) is 6.25. The van der Waals surface area contributed by atoms with Gasteiger partial charge >= 0.3 is 0 Å². The topological polar surface area (TPSA) is 68.5 Å². The molecule has 0 spiro atoms. The molecule has 6 nitrogen and oxygen atoms in total. The van der Waals surface area contributed by atoms with Gasteiger partial charge in [-0.15, -0.1) is 10.2 Å². The molecule has 0 atom stereocenters. The fraction of sp³-hybridized carbons (Fsp3) is 0.0952. The van der Waals surface area contributed by atoms with E-state index in [-0.39, 0.29) is 5.91 Å². The van der Waals surface area contributed by atoms with Crippen molar-refractivity contribution in [3.63, 3.8) is 0 Å². The molecular formula is C21H16N4O2. The summed E-state index contributed by atoms with van der Waals surface area (Å²) in [5.74, 6) is 1.59. The number of carbonyl (C=O) groups is 1. The maximum atomic E-state index is 13.1. The third-order valence-corrected chi connectivity index (χ3v) is 4.75. The molecule has 0 unspecified atom stereocenters. The number of pyridine rings is 1. The summed E-state index contributed by atoms with van der Waals surface area (Å²) in [6, 6.07) is 21.0. The van der Waals surface area contributed by atoms with E-state index < -0.39 is 5.92 Å². The molecule has 27 heavy (non-hydrogen) atoms. The highest BCUT2D eigenvalue weighted by Crippen LogP contribution is 2.43. The lowest BCUT2D eigenvalue weighted by molar-refractivity contribution is -0.122. The quantitative estimate of drug-likeness (QED) is 0.612. The van der Waals surface area contributed by atoms with Gasteiger partial charge in [0.2, 0.25) is 5.91 Å². The first-order valence-corrected chi connectivity index (χ1v) is 8.73. The Hall–Kier alpha value is -3.67. The van der Waals surface area contributed by atoms with Gasteiger partial charge in [-0.1, -0.05) is 42.5 Å². The highest BCUT2D eigenvalue weighted by molar-refractivity contribution is 5.89. The summed E-state index contributed by atoms with van der Waals surface area (Å²) < 4.78 is 7.83. The Kier molecular flexibility index (Phi) is 3.60. The standard InChI is InChI=1S/C21H16N4O2/c26-21(22-13-19-24-23-18-11-5-6-12-25(18)19)20-14-7-1-3-9-16(14)27-17-10-4-2-8-15(17)20/h1-12,20H,13H2,(H,22,26). The third kappa shape index (κ3) is 2.62. The molecule has 0 saturated carbocycles. The first-order chi connectivity index (χ1) is 13.3. The summed E-state index contributed by atoms with van der Waals surface area (Å²) in [7, 11) is 0. The maximum Gasteiger partial charge on any atom is 0.232 e. The molecule has 1 N–H and O–H groups in total. The van der Waals surface area contributed by atoms with Crippen molar-refractivity contribution in [2.45, 2.75) is 12.5 Å². The van der Waals surface area contributed by atoms with E-state index >= 15 is 0 Å². The monoisotopic (exact) mass is 356 g/mol. The SMILES string of the molecule is O=C(NCc1nnc2ccccn12)C1c2ccccc2Oc2ccccc21. The number of benzene rings is 2. The number of nitrogens with one attached hydrogen (secondary N) is 1. The number of rotatable bonds is 3. The third-order valence-electron chi connectivity index (χ3n) is 4.75. The van der Waals surface area contributed by atoms with Crippen molar-refractivity contribution in [2.24, 2.45) is 0 Å². The molecule has 0 aliphatic carbocycles. The van der Waals surface area contributed by atoms with Gasteiger partial charge in [0.25, 0.3) is 0 Å². The van der Waals surface area contributed by atoms with E-state index in [1.807, 2.05) is 77.3 Å². The molecule has 1 aliphatic heterocycles. The predicted octanol–water partition coefficient (Wildman–Crippen LogP) is 3.28. The molecule has 0 fully saturated rings. The van der Waals surface area contributed by atoms with Gasteiger partial charge in [-0.05, 0) is 24.3 Å². The Balaban J connectivity index is 1.46. The van der Waals surface area contributed by atoms with Gasteiger partial charge in [-0.3, -0.25) is 9.20 Å². The largest absolute Gasteiger partial charge is 0.457 e. The van der Waals surface area contributed by atoms with Crippen LogP contribution in [0, 0.1) is 0 Å². The van der Waals surface area contributed by atoms with Crippen LogP contribution in [0.2, 0.25) is 0 Å². The average Bonchev–Trinajstić information content (AvgIpc) is 3.13. The van der Waals surface area contributed by atoms with Crippen LogP contribution in [0.1, 0.15) is 22.9 Å². The smallest absolute Gasteiger partial charge is 0.232 e. The first-order valence-electron chi connectivity index (χ1n) is 8.73. The van der Waals surface area contributed by atoms with Gasteiger partial charge in [0.15, 0.2) is 11.5 Å². The Morgan fingerprint density at radius 1 is 0.926 bits per heavy atom. The molecule has 2 aromatic heterocycles. The van der Waals surface area contributed by atoms with Crippen LogP contribution in [0.5, 0.6) is 11.5 Å². The molecule has 5 rings (SSSR count). The molecule has 3 heterocycles. The van der Waals surface area contributed by atoms with Crippen LogP contribution >= 0.6 is 0 Å². The fourth-order valence-electron chi connectivity index (χ4n) is 3.47. The minimum absolute atomic E-state index is 0.0918. The minimum Gasteiger partial charge on any atom is -0.457 e. The van der Waals surface area contributed by atoms with Gasteiger partial charge < -0.3 is 10.1 Å². The fourth-order valence-corrected chi connectivity index (χ4v) is 3.47. The van der Waals surface area contributed by atoms with Gasteiger partial charge in [-0.2, -0.15) is 0 Å². The Bertz CT molecular complexity index is 1110. The summed E-state index contributed by atoms with van der Waals surface area (Å²) >= 11 is 0. The second-order valence-electron chi connectivity index (χ2n) is 6.37. The first kappa shape index (κ1) is 15.6. The van der Waals surface area contributed by atoms with Crippen LogP contribution in [-0.4, -0.2) is 20.5 Å². The van der Waals surface area contributed by atoms with Crippen molar-refractivity contribution in [1.82, 2.24) is 19.9 Å². The Morgan fingerprint density at radius 3 is 2.33 bits per heavy atom. The van der Waals surface area contributed by atoms with Gasteiger partial charge in [0, 0.05) is 17.3 Å². The Morgan fingerprint density at radius 2 is 1.59 bits per heavy atom. The lowest BCUT2D eigenvalue weighted by Gasteiger charge is -2.27. The molecule has 0 saturated heterocycles. The van der Waals surface area contributed by atoms with E-state index in [9.17, 15) is 4.79 Å². The van der Waals surface area contributed by atoms with E-state index in [1.54, 1.807) is 0 Å². The van der Waals surface area contributed by atoms with Crippen molar-refractivity contribution >= 4 is 11.6 Å². The lowest BCUT2D eigenvalue weighted by atomic mass is 9.87. The summed E-state index contributed by atoms with van der Waals surface area (Å²) in [6.45, 7) is 0.297. The average molecular weight is 356 g/mol. The van der Waals surface area contributed by atoms with Crippen LogP contribution in [0.3, 0.4) is 0 Å². The van der Waals surface area contributed by atoms with Gasteiger partial charge in [0.05, 0.1) is 12.5 Å². The molecule has 132 valence electrons. The van der Waals surface area contributed by atoms with Crippen LogP contribution < -0.4 is 10.1 Å². The molecule has 0 bridgehead atoms. The zero-order valence-electron chi connectivity index (χ0n) is 14.4. The zero-order chi connectivity index (χ0) is 18.2. The van der Waals surface area contributed by atoms with Crippen molar-refractivity contribution in [3.05, 3.63) is 89.9 Å². The van der Waals surface area contributed by atoms with E-state index in [1.165, 1.54) is 0 Å². The summed E-state index contributed by atoms with van der Waals surface area (Å²) in [5, 5.41) is 11.3. The van der Waals surface area contributed by atoms with Crippen LogP contribution in [0.4, 0.5) is 0 Å². The summed E-state index contributed by atoms with van der Waals surface area (Å²) in [6.07, 6.45) is 1.88. The number of nitrogens with zero attached hydrogens (tertiary/aromatic N) is 3. The number of carbonyl (C=O) groups excluding carboxylic acids is 1. The van der Waals surface area contributed by atoms with E-state index in [0.717, 1.165) is 16.8 Å². The predicted molar refractivity (Wildman–Crippen MR) is 99.6 cm³/mol. The van der Waals surface area contributed by atoms with Crippen LogP contribution in [0.25, 0.3) is 5.65 Å². The van der Waals surface area contributed by atoms with E-state index in [2.05, 4.69) is 15.5 Å². The Labute approximate surface area is 155 Å². The zero-order valence-corrected chi connectivity index (χ0v) is 14.4. The molecule has 4 aromatic rings. The minimum atomic E-state index is -0.426.